The second kappa shape index (κ2) is 8.29. The molecule has 0 aromatic heterocycles. The Balaban J connectivity index is 1.49. The highest BCUT2D eigenvalue weighted by molar-refractivity contribution is 9.10. The van der Waals surface area contributed by atoms with Crippen LogP contribution >= 0.6 is 39.3 Å². The number of hydrogen-bond donors (Lipinski definition) is 1. The molecule has 2 atom stereocenters. The monoisotopic (exact) mass is 513 g/mol. The zero-order chi connectivity index (χ0) is 20.6. The summed E-state index contributed by atoms with van der Waals surface area (Å²) < 4.78 is 25.1. The summed E-state index contributed by atoms with van der Waals surface area (Å²) in [7, 11) is -3.12. The average molecular weight is 515 g/mol. The third-order valence-corrected chi connectivity index (χ3v) is 8.12. The Morgan fingerprint density at radius 2 is 1.86 bits per heavy atom. The molecule has 29 heavy (non-hydrogen) atoms. The highest BCUT2D eigenvalue weighted by Gasteiger charge is 2.47. The summed E-state index contributed by atoms with van der Waals surface area (Å²) in [6.45, 7) is 0. The van der Waals surface area contributed by atoms with E-state index in [1.54, 1.807) is 12.1 Å². The molecular weight excluding hydrogens is 498 g/mol. The number of nitrogens with zero attached hydrogens (tertiary/aromatic N) is 2. The molecule has 1 saturated heterocycles. The van der Waals surface area contributed by atoms with Gasteiger partial charge in [0, 0.05) is 20.9 Å². The zero-order valence-electron chi connectivity index (χ0n) is 15.1. The van der Waals surface area contributed by atoms with E-state index in [-0.39, 0.29) is 35.2 Å². The number of fused-ring (bicyclic) bond motifs is 1. The van der Waals surface area contributed by atoms with Crippen LogP contribution in [-0.2, 0) is 14.6 Å². The van der Waals surface area contributed by atoms with E-state index in [9.17, 15) is 13.2 Å². The van der Waals surface area contributed by atoms with Crippen LogP contribution < -0.4 is 10.2 Å². The van der Waals surface area contributed by atoms with Gasteiger partial charge in [-0.05, 0) is 48.5 Å². The summed E-state index contributed by atoms with van der Waals surface area (Å²) in [6, 6.07) is 14.0. The number of thioether (sulfide) groups is 1. The molecule has 2 heterocycles. The van der Waals surface area contributed by atoms with Crippen LogP contribution in [0.3, 0.4) is 0 Å². The lowest BCUT2D eigenvalue weighted by molar-refractivity contribution is -0.113. The molecule has 0 unspecified atom stereocenters. The lowest BCUT2D eigenvalue weighted by Crippen LogP contribution is -2.39. The first-order valence-electron chi connectivity index (χ1n) is 8.82. The summed E-state index contributed by atoms with van der Waals surface area (Å²) >= 11 is 10.7. The quantitative estimate of drug-likeness (QED) is 0.671. The largest absolute Gasteiger partial charge is 0.325 e. The van der Waals surface area contributed by atoms with E-state index in [4.69, 9.17) is 11.6 Å². The van der Waals surface area contributed by atoms with E-state index in [1.165, 1.54) is 11.8 Å². The molecular formula is C19H17BrClN3O3S2. The van der Waals surface area contributed by atoms with Gasteiger partial charge in [0.15, 0.2) is 15.0 Å². The van der Waals surface area contributed by atoms with Crippen LogP contribution in [0.2, 0.25) is 5.02 Å². The number of nitrogens with one attached hydrogen (secondary N) is 1. The summed E-state index contributed by atoms with van der Waals surface area (Å²) in [5.41, 5.74) is 1.53. The fourth-order valence-corrected chi connectivity index (χ4v) is 6.55. The van der Waals surface area contributed by atoms with Crippen molar-refractivity contribution in [2.24, 2.45) is 4.99 Å². The minimum atomic E-state index is -3.12. The average Bonchev–Trinajstić information content (AvgIpc) is 3.14. The van der Waals surface area contributed by atoms with Crippen molar-refractivity contribution in [2.75, 3.05) is 27.5 Å². The topological polar surface area (TPSA) is 78.8 Å². The van der Waals surface area contributed by atoms with Gasteiger partial charge in [-0.15, -0.1) is 0 Å². The van der Waals surface area contributed by atoms with Crippen molar-refractivity contribution in [2.45, 2.75) is 12.1 Å². The first-order valence-corrected chi connectivity index (χ1v) is 12.8. The molecule has 1 fully saturated rings. The van der Waals surface area contributed by atoms with Crippen LogP contribution in [0.5, 0.6) is 0 Å². The number of sulfone groups is 1. The van der Waals surface area contributed by atoms with Crippen LogP contribution in [0.1, 0.15) is 0 Å². The Labute approximate surface area is 186 Å². The summed E-state index contributed by atoms with van der Waals surface area (Å²) in [5.74, 6) is 0.113. The molecule has 2 aromatic carbocycles. The Kier molecular flexibility index (Phi) is 5.92. The number of amides is 1. The van der Waals surface area contributed by atoms with Crippen LogP contribution in [0.4, 0.5) is 11.4 Å². The number of amidine groups is 1. The molecule has 4 rings (SSSR count). The van der Waals surface area contributed by atoms with E-state index in [0.717, 1.165) is 10.2 Å². The predicted octanol–water partition coefficient (Wildman–Crippen LogP) is 3.82. The minimum Gasteiger partial charge on any atom is -0.325 e. The molecule has 2 aromatic rings. The third-order valence-electron chi connectivity index (χ3n) is 4.67. The SMILES string of the molecule is O=C(CSC1=N[C@@H]2CS(=O)(=O)C[C@@H]2N1c1ccc(Cl)cc1)Nc1ccc(Br)cc1. The molecule has 10 heteroatoms. The number of carbonyl (C=O) groups is 1. The van der Waals surface area contributed by atoms with Crippen LogP contribution in [0.25, 0.3) is 0 Å². The fraction of sp³-hybridized carbons (Fsp3) is 0.263. The molecule has 152 valence electrons. The molecule has 0 spiro atoms. The van der Waals surface area contributed by atoms with E-state index in [2.05, 4.69) is 26.2 Å². The van der Waals surface area contributed by atoms with Gasteiger partial charge in [0.25, 0.3) is 0 Å². The van der Waals surface area contributed by atoms with Gasteiger partial charge in [-0.3, -0.25) is 9.79 Å². The van der Waals surface area contributed by atoms with Crippen LogP contribution in [0.15, 0.2) is 58.0 Å². The maximum absolute atomic E-state index is 12.4. The maximum Gasteiger partial charge on any atom is 0.234 e. The van der Waals surface area contributed by atoms with Gasteiger partial charge in [0.1, 0.15) is 0 Å². The van der Waals surface area contributed by atoms with Gasteiger partial charge in [-0.1, -0.05) is 39.3 Å². The number of hydrogen-bond acceptors (Lipinski definition) is 6. The summed E-state index contributed by atoms with van der Waals surface area (Å²) in [5, 5.41) is 4.11. The summed E-state index contributed by atoms with van der Waals surface area (Å²) in [4.78, 5) is 18.9. The Bertz CT molecular complexity index is 1060. The molecule has 6 nitrogen and oxygen atoms in total. The lowest BCUT2D eigenvalue weighted by atomic mass is 10.1. The summed E-state index contributed by atoms with van der Waals surface area (Å²) in [6.07, 6.45) is 0. The highest BCUT2D eigenvalue weighted by Crippen LogP contribution is 2.35. The van der Waals surface area contributed by atoms with Gasteiger partial charge in [-0.2, -0.15) is 0 Å². The fourth-order valence-electron chi connectivity index (χ4n) is 3.40. The van der Waals surface area contributed by atoms with Crippen LogP contribution in [0, 0.1) is 0 Å². The second-order valence-electron chi connectivity index (χ2n) is 6.81. The molecule has 0 radical (unpaired) electrons. The standard InChI is InChI=1S/C19H17BrClN3O3S2/c20-12-1-5-14(6-2-12)22-18(25)9-28-19-23-16-10-29(26,27)11-17(16)24(19)15-7-3-13(21)4-8-15/h1-8,16-17H,9-11H2,(H,22,25)/t16-,17+/m1/s1. The van der Waals surface area contributed by atoms with E-state index in [0.29, 0.717) is 15.9 Å². The number of benzene rings is 2. The number of anilines is 2. The van der Waals surface area contributed by atoms with E-state index < -0.39 is 9.84 Å². The number of halogens is 2. The van der Waals surface area contributed by atoms with Crippen molar-refractivity contribution < 1.29 is 13.2 Å². The Hall–Kier alpha value is -1.55. The van der Waals surface area contributed by atoms with E-state index >= 15 is 0 Å². The molecule has 0 aliphatic carbocycles. The van der Waals surface area contributed by atoms with Crippen molar-refractivity contribution in [3.63, 3.8) is 0 Å². The van der Waals surface area contributed by atoms with Gasteiger partial charge < -0.3 is 10.2 Å². The Morgan fingerprint density at radius 1 is 1.17 bits per heavy atom. The van der Waals surface area contributed by atoms with Crippen molar-refractivity contribution in [1.82, 2.24) is 0 Å². The molecule has 2 aliphatic heterocycles. The number of rotatable bonds is 4. The lowest BCUT2D eigenvalue weighted by Gasteiger charge is -2.26. The minimum absolute atomic E-state index is 0.0386. The zero-order valence-corrected chi connectivity index (χ0v) is 19.1. The van der Waals surface area contributed by atoms with Gasteiger partial charge in [-0.25, -0.2) is 8.42 Å². The smallest absolute Gasteiger partial charge is 0.234 e. The van der Waals surface area contributed by atoms with Crippen molar-refractivity contribution >= 4 is 71.6 Å². The number of aliphatic imine (C=N–C) groups is 1. The second-order valence-corrected chi connectivity index (χ2v) is 11.3. The highest BCUT2D eigenvalue weighted by atomic mass is 79.9. The molecule has 0 bridgehead atoms. The molecule has 2 aliphatic rings. The van der Waals surface area contributed by atoms with Gasteiger partial charge in [0.2, 0.25) is 5.91 Å². The van der Waals surface area contributed by atoms with Crippen molar-refractivity contribution in [1.29, 1.82) is 0 Å². The molecule has 0 saturated carbocycles. The van der Waals surface area contributed by atoms with Crippen LogP contribution in [-0.4, -0.2) is 48.8 Å². The van der Waals surface area contributed by atoms with Gasteiger partial charge >= 0.3 is 0 Å². The normalized spacial score (nSPS) is 22.3. The molecule has 1 amide bonds. The van der Waals surface area contributed by atoms with Crippen molar-refractivity contribution in [3.05, 3.63) is 58.0 Å². The first kappa shape index (κ1) is 20.7. The van der Waals surface area contributed by atoms with E-state index in [1.807, 2.05) is 41.3 Å². The van der Waals surface area contributed by atoms with Crippen molar-refractivity contribution in [3.8, 4) is 0 Å². The third kappa shape index (κ3) is 4.79. The maximum atomic E-state index is 12.4. The number of carbonyl (C=O) groups excluding carboxylic acids is 1. The van der Waals surface area contributed by atoms with Gasteiger partial charge in [0.05, 0.1) is 29.3 Å². The molecule has 1 N–H and O–H groups in total. The predicted molar refractivity (Wildman–Crippen MR) is 123 cm³/mol. The first-order chi connectivity index (χ1) is 13.8. The Morgan fingerprint density at radius 3 is 2.55 bits per heavy atom.